The minimum Gasteiger partial charge on any atom is -0.464 e. The van der Waals surface area contributed by atoms with Crippen LogP contribution in [0.3, 0.4) is 0 Å². The molecule has 7 nitrogen and oxygen atoms in total. The second-order valence-electron chi connectivity index (χ2n) is 5.52. The van der Waals surface area contributed by atoms with Crippen molar-refractivity contribution in [2.75, 3.05) is 6.61 Å². The molecule has 116 valence electrons. The Balaban J connectivity index is 1.65. The summed E-state index contributed by atoms with van der Waals surface area (Å²) in [5, 5.41) is 4.39. The molecule has 7 heteroatoms. The first-order valence-corrected chi connectivity index (χ1v) is 7.33. The molecule has 0 aliphatic heterocycles. The highest BCUT2D eigenvalue weighted by Crippen LogP contribution is 2.18. The fourth-order valence-electron chi connectivity index (χ4n) is 2.58. The van der Waals surface area contributed by atoms with Crippen LogP contribution in [-0.2, 0) is 23.1 Å². The first-order chi connectivity index (χ1) is 10.6. The third kappa shape index (κ3) is 2.93. The number of allylic oxidation sites excluding steroid dienone is 2. The highest BCUT2D eigenvalue weighted by Gasteiger charge is 2.15. The number of aryl methyl sites for hydroxylation is 1. The van der Waals surface area contributed by atoms with E-state index in [1.807, 2.05) is 0 Å². The Kier molecular flexibility index (Phi) is 4.04. The summed E-state index contributed by atoms with van der Waals surface area (Å²) in [5.41, 5.74) is 0.222. The zero-order valence-corrected chi connectivity index (χ0v) is 12.4. The van der Waals surface area contributed by atoms with Gasteiger partial charge in [-0.1, -0.05) is 12.2 Å². The number of aromatic nitrogens is 4. The molecule has 2 aromatic rings. The molecular formula is C15H18N4O3. The van der Waals surface area contributed by atoms with Gasteiger partial charge < -0.3 is 4.74 Å². The molecule has 0 saturated carbocycles. The molecule has 0 aromatic carbocycles. The third-order valence-electron chi connectivity index (χ3n) is 3.88. The van der Waals surface area contributed by atoms with Gasteiger partial charge >= 0.3 is 5.97 Å². The molecule has 0 fully saturated rings. The van der Waals surface area contributed by atoms with E-state index in [4.69, 9.17) is 4.74 Å². The van der Waals surface area contributed by atoms with Crippen LogP contribution in [0.15, 0.2) is 29.5 Å². The van der Waals surface area contributed by atoms with E-state index in [1.165, 1.54) is 21.8 Å². The van der Waals surface area contributed by atoms with E-state index in [0.717, 1.165) is 19.3 Å². The van der Waals surface area contributed by atoms with E-state index in [0.29, 0.717) is 23.6 Å². The number of carbonyl (C=O) groups excluding carboxylic acids is 1. The van der Waals surface area contributed by atoms with E-state index in [2.05, 4.69) is 22.2 Å². The normalized spacial score (nSPS) is 17.8. The van der Waals surface area contributed by atoms with Crippen molar-refractivity contribution in [1.82, 2.24) is 19.3 Å². The number of rotatable bonds is 4. The molecule has 1 aliphatic carbocycles. The van der Waals surface area contributed by atoms with Crippen molar-refractivity contribution in [2.24, 2.45) is 13.0 Å². The quantitative estimate of drug-likeness (QED) is 0.622. The molecule has 0 radical (unpaired) electrons. The average molecular weight is 302 g/mol. The Hall–Kier alpha value is -2.44. The molecule has 22 heavy (non-hydrogen) atoms. The van der Waals surface area contributed by atoms with Crippen molar-refractivity contribution in [3.05, 3.63) is 35.0 Å². The Morgan fingerprint density at radius 1 is 1.45 bits per heavy atom. The van der Waals surface area contributed by atoms with Crippen molar-refractivity contribution in [3.8, 4) is 0 Å². The summed E-state index contributed by atoms with van der Waals surface area (Å²) in [4.78, 5) is 28.3. The summed E-state index contributed by atoms with van der Waals surface area (Å²) in [6, 6.07) is 0. The van der Waals surface area contributed by atoms with Crippen molar-refractivity contribution in [2.45, 2.75) is 25.8 Å². The zero-order valence-electron chi connectivity index (χ0n) is 12.4. The third-order valence-corrected chi connectivity index (χ3v) is 3.88. The lowest BCUT2D eigenvalue weighted by molar-refractivity contribution is -0.145. The summed E-state index contributed by atoms with van der Waals surface area (Å²) >= 11 is 0. The Morgan fingerprint density at radius 3 is 3.09 bits per heavy atom. The summed E-state index contributed by atoms with van der Waals surface area (Å²) in [6.07, 6.45) is 10.1. The fraction of sp³-hybridized carbons (Fsp3) is 0.467. The lowest BCUT2D eigenvalue weighted by atomic mass is 9.95. The molecule has 0 N–H and O–H groups in total. The van der Waals surface area contributed by atoms with Crippen molar-refractivity contribution in [3.63, 3.8) is 0 Å². The molecule has 0 spiro atoms. The molecule has 0 bridgehead atoms. The summed E-state index contributed by atoms with van der Waals surface area (Å²) < 4.78 is 8.06. The van der Waals surface area contributed by atoms with Gasteiger partial charge in [-0.15, -0.1) is 0 Å². The van der Waals surface area contributed by atoms with Crippen LogP contribution in [0.1, 0.15) is 19.3 Å². The smallest absolute Gasteiger partial charge is 0.326 e. The SMILES string of the molecule is Cn1ncc2c(=O)n(CC(=O)OC[C@@H]3CC=CCC3)cnc21. The van der Waals surface area contributed by atoms with Crippen LogP contribution in [0.2, 0.25) is 0 Å². The molecule has 0 amide bonds. The van der Waals surface area contributed by atoms with E-state index < -0.39 is 5.97 Å². The van der Waals surface area contributed by atoms with Crippen LogP contribution < -0.4 is 5.56 Å². The van der Waals surface area contributed by atoms with Gasteiger partial charge in [0.05, 0.1) is 12.8 Å². The highest BCUT2D eigenvalue weighted by atomic mass is 16.5. The van der Waals surface area contributed by atoms with Gasteiger partial charge in [-0.3, -0.25) is 18.8 Å². The maximum absolute atomic E-state index is 12.2. The lowest BCUT2D eigenvalue weighted by Crippen LogP contribution is -2.26. The van der Waals surface area contributed by atoms with Crippen LogP contribution in [-0.4, -0.2) is 31.9 Å². The van der Waals surface area contributed by atoms with Gasteiger partial charge in [-0.25, -0.2) is 4.98 Å². The molecule has 0 unspecified atom stereocenters. The van der Waals surface area contributed by atoms with Crippen molar-refractivity contribution >= 4 is 17.0 Å². The minimum atomic E-state index is -0.415. The first kappa shape index (κ1) is 14.5. The molecule has 2 aromatic heterocycles. The maximum atomic E-state index is 12.2. The fourth-order valence-corrected chi connectivity index (χ4v) is 2.58. The van der Waals surface area contributed by atoms with E-state index in [1.54, 1.807) is 7.05 Å². The summed E-state index contributed by atoms with van der Waals surface area (Å²) in [7, 11) is 1.71. The highest BCUT2D eigenvalue weighted by molar-refractivity contribution is 5.74. The van der Waals surface area contributed by atoms with Crippen LogP contribution in [0, 0.1) is 5.92 Å². The van der Waals surface area contributed by atoms with Gasteiger partial charge in [0.25, 0.3) is 5.56 Å². The summed E-state index contributed by atoms with van der Waals surface area (Å²) in [6.45, 7) is 0.277. The average Bonchev–Trinajstić information content (AvgIpc) is 2.91. The molecule has 0 saturated heterocycles. The standard InChI is InChI=1S/C15H18N4O3/c1-18-14-12(7-17-18)15(21)19(10-16-14)8-13(20)22-9-11-5-3-2-4-6-11/h2-3,7,10-11H,4-6,8-9H2,1H3/t11-/m1/s1. The first-order valence-electron chi connectivity index (χ1n) is 7.33. The minimum absolute atomic E-state index is 0.126. The topological polar surface area (TPSA) is 79.0 Å². The van der Waals surface area contributed by atoms with Gasteiger partial charge in [-0.2, -0.15) is 5.10 Å². The molecular weight excluding hydrogens is 284 g/mol. The molecule has 1 aliphatic rings. The van der Waals surface area contributed by atoms with Crippen LogP contribution in [0.5, 0.6) is 0 Å². The number of carbonyl (C=O) groups is 1. The number of nitrogens with zero attached hydrogens (tertiary/aromatic N) is 4. The number of fused-ring (bicyclic) bond motifs is 1. The van der Waals surface area contributed by atoms with E-state index in [-0.39, 0.29) is 12.1 Å². The van der Waals surface area contributed by atoms with Crippen molar-refractivity contribution < 1.29 is 9.53 Å². The predicted octanol–water partition coefficient (Wildman–Crippen LogP) is 1.03. The Labute approximate surface area is 127 Å². The zero-order chi connectivity index (χ0) is 15.5. The summed E-state index contributed by atoms with van der Waals surface area (Å²) in [5.74, 6) is -0.0358. The second kappa shape index (κ2) is 6.13. The molecule has 2 heterocycles. The van der Waals surface area contributed by atoms with Gasteiger partial charge in [-0.05, 0) is 25.2 Å². The van der Waals surface area contributed by atoms with Gasteiger partial charge in [0.2, 0.25) is 0 Å². The van der Waals surface area contributed by atoms with Crippen LogP contribution in [0.4, 0.5) is 0 Å². The monoisotopic (exact) mass is 302 g/mol. The Morgan fingerprint density at radius 2 is 2.32 bits per heavy atom. The number of hydrogen-bond acceptors (Lipinski definition) is 5. The lowest BCUT2D eigenvalue weighted by Gasteiger charge is -2.17. The molecule has 1 atom stereocenters. The second-order valence-corrected chi connectivity index (χ2v) is 5.52. The maximum Gasteiger partial charge on any atom is 0.326 e. The number of ether oxygens (including phenoxy) is 1. The van der Waals surface area contributed by atoms with Crippen LogP contribution in [0.25, 0.3) is 11.0 Å². The van der Waals surface area contributed by atoms with Gasteiger partial charge in [0.15, 0.2) is 5.65 Å². The van der Waals surface area contributed by atoms with Crippen molar-refractivity contribution in [1.29, 1.82) is 0 Å². The molecule has 3 rings (SSSR count). The predicted molar refractivity (Wildman–Crippen MR) is 80.2 cm³/mol. The van der Waals surface area contributed by atoms with E-state index in [9.17, 15) is 9.59 Å². The number of esters is 1. The van der Waals surface area contributed by atoms with Gasteiger partial charge in [0, 0.05) is 7.05 Å². The number of hydrogen-bond donors (Lipinski definition) is 0. The van der Waals surface area contributed by atoms with Gasteiger partial charge in [0.1, 0.15) is 18.3 Å². The largest absolute Gasteiger partial charge is 0.464 e. The van der Waals surface area contributed by atoms with Crippen LogP contribution >= 0.6 is 0 Å². The van der Waals surface area contributed by atoms with E-state index >= 15 is 0 Å². The Bertz CT molecular complexity index is 775.